The second-order valence-electron chi connectivity index (χ2n) is 6.01. The smallest absolute Gasteiger partial charge is 0.407 e. The fourth-order valence-electron chi connectivity index (χ4n) is 3.07. The summed E-state index contributed by atoms with van der Waals surface area (Å²) in [6, 6.07) is 10.2. The molecule has 3 aromatic rings. The van der Waals surface area contributed by atoms with E-state index < -0.39 is 15.8 Å². The Bertz CT molecular complexity index is 1180. The summed E-state index contributed by atoms with van der Waals surface area (Å²) in [5.41, 5.74) is 6.83. The molecule has 1 amide bonds. The topological polar surface area (TPSA) is 116 Å². The number of nitrogen functional groups attached to an aromatic ring is 1. The number of benzene rings is 2. The largest absolute Gasteiger partial charge is 0.434 e. The van der Waals surface area contributed by atoms with Crippen LogP contribution in [0.25, 0.3) is 11.1 Å². The predicted molar refractivity (Wildman–Crippen MR) is 95.5 cm³/mol. The van der Waals surface area contributed by atoms with Crippen LogP contribution in [0.5, 0.6) is 0 Å². The molecule has 8 nitrogen and oxygen atoms in total. The van der Waals surface area contributed by atoms with Gasteiger partial charge in [0.2, 0.25) is 5.91 Å². The van der Waals surface area contributed by atoms with Crippen molar-refractivity contribution in [3.8, 4) is 0 Å². The van der Waals surface area contributed by atoms with E-state index in [2.05, 4.69) is 0 Å². The number of hydrogen-bond donors (Lipinski definition) is 1. The van der Waals surface area contributed by atoms with Crippen LogP contribution >= 0.6 is 0 Å². The molecule has 2 heterocycles. The normalized spacial score (nSPS) is 15.1. The van der Waals surface area contributed by atoms with E-state index in [-0.39, 0.29) is 21.9 Å². The summed E-state index contributed by atoms with van der Waals surface area (Å²) in [7, 11) is -4.15. The number of carbonyl (C=O) groups is 1. The number of anilines is 2. The van der Waals surface area contributed by atoms with Crippen LogP contribution in [0, 0.1) is 0 Å². The molecule has 9 heteroatoms. The second kappa shape index (κ2) is 5.73. The zero-order chi connectivity index (χ0) is 18.5. The van der Waals surface area contributed by atoms with Crippen LogP contribution in [-0.2, 0) is 14.8 Å². The van der Waals surface area contributed by atoms with Gasteiger partial charge in [-0.2, -0.15) is 3.97 Å². The summed E-state index contributed by atoms with van der Waals surface area (Å²) < 4.78 is 31.4. The van der Waals surface area contributed by atoms with Gasteiger partial charge in [0.1, 0.15) is 5.52 Å². The first-order valence-corrected chi connectivity index (χ1v) is 9.39. The van der Waals surface area contributed by atoms with Crippen molar-refractivity contribution in [3.63, 3.8) is 0 Å². The summed E-state index contributed by atoms with van der Waals surface area (Å²) in [6.07, 6.45) is 1.26. The van der Waals surface area contributed by atoms with E-state index >= 15 is 0 Å². The van der Waals surface area contributed by atoms with Gasteiger partial charge in [-0.25, -0.2) is 13.2 Å². The Morgan fingerprint density at radius 3 is 2.42 bits per heavy atom. The molecule has 4 rings (SSSR count). The van der Waals surface area contributed by atoms with Crippen LogP contribution in [0.1, 0.15) is 12.8 Å². The summed E-state index contributed by atoms with van der Waals surface area (Å²) in [5, 5.41) is 0. The second-order valence-corrected chi connectivity index (χ2v) is 7.79. The quantitative estimate of drug-likeness (QED) is 0.696. The highest BCUT2D eigenvalue weighted by molar-refractivity contribution is 7.90. The fraction of sp³-hybridized carbons (Fsp3) is 0.176. The van der Waals surface area contributed by atoms with E-state index in [1.807, 2.05) is 0 Å². The van der Waals surface area contributed by atoms with Crippen LogP contribution < -0.4 is 16.4 Å². The molecule has 1 saturated heterocycles. The Hall–Kier alpha value is -3.07. The van der Waals surface area contributed by atoms with Crippen molar-refractivity contribution in [2.75, 3.05) is 17.2 Å². The van der Waals surface area contributed by atoms with Crippen LogP contribution in [0.4, 0.5) is 11.4 Å². The molecule has 0 bridgehead atoms. The van der Waals surface area contributed by atoms with E-state index in [0.29, 0.717) is 28.3 Å². The van der Waals surface area contributed by atoms with Gasteiger partial charge < -0.3 is 15.1 Å². The van der Waals surface area contributed by atoms with Gasteiger partial charge in [0.05, 0.1) is 4.90 Å². The first kappa shape index (κ1) is 16.4. The number of aromatic nitrogens is 1. The van der Waals surface area contributed by atoms with Crippen molar-refractivity contribution in [1.82, 2.24) is 3.97 Å². The monoisotopic (exact) mass is 373 g/mol. The summed E-state index contributed by atoms with van der Waals surface area (Å²) in [5.74, 6) is -1.00. The summed E-state index contributed by atoms with van der Waals surface area (Å²) in [4.78, 5) is 25.4. The Labute approximate surface area is 148 Å². The lowest BCUT2D eigenvalue weighted by Crippen LogP contribution is -2.25. The van der Waals surface area contributed by atoms with Gasteiger partial charge in [-0.15, -0.1) is 0 Å². The van der Waals surface area contributed by atoms with Gasteiger partial charge in [-0.1, -0.05) is 0 Å². The highest BCUT2D eigenvalue weighted by atomic mass is 32.2. The minimum Gasteiger partial charge on any atom is -0.407 e. The summed E-state index contributed by atoms with van der Waals surface area (Å²) >= 11 is 0. The highest BCUT2D eigenvalue weighted by Crippen LogP contribution is 2.25. The van der Waals surface area contributed by atoms with Gasteiger partial charge in [-0.05, 0) is 42.8 Å². The van der Waals surface area contributed by atoms with Crippen molar-refractivity contribution < 1.29 is 17.6 Å². The van der Waals surface area contributed by atoms with E-state index in [4.69, 9.17) is 10.2 Å². The molecule has 1 fully saturated rings. The SMILES string of the molecule is Nc1ccc2c(c1)oc(=O)n2S(=O)(=O)c1ccc(N2CCCC2=O)cc1. The Morgan fingerprint density at radius 2 is 1.77 bits per heavy atom. The standard InChI is InChI=1S/C17H15N3O5S/c18-11-3-8-14-15(10-11)25-17(22)20(14)26(23,24)13-6-4-12(5-7-13)19-9-1-2-16(19)21/h3-8,10H,1-2,9,18H2. The number of rotatable bonds is 3. The third-order valence-electron chi connectivity index (χ3n) is 4.33. The van der Waals surface area contributed by atoms with Crippen molar-refractivity contribution in [2.45, 2.75) is 17.7 Å². The molecule has 134 valence electrons. The third-order valence-corrected chi connectivity index (χ3v) is 6.02. The molecule has 0 atom stereocenters. The van der Waals surface area contributed by atoms with Crippen LogP contribution in [0.3, 0.4) is 0 Å². The van der Waals surface area contributed by atoms with Gasteiger partial charge in [0.15, 0.2) is 5.58 Å². The number of oxazole rings is 1. The Balaban J connectivity index is 1.79. The molecule has 1 aromatic heterocycles. The lowest BCUT2D eigenvalue weighted by molar-refractivity contribution is -0.117. The van der Waals surface area contributed by atoms with Gasteiger partial charge in [-0.3, -0.25) is 4.79 Å². The molecule has 0 aliphatic carbocycles. The first-order valence-electron chi connectivity index (χ1n) is 7.95. The lowest BCUT2D eigenvalue weighted by Gasteiger charge is -2.16. The summed E-state index contributed by atoms with van der Waals surface area (Å²) in [6.45, 7) is 0.609. The molecule has 0 unspecified atom stereocenters. The van der Waals surface area contributed by atoms with Crippen molar-refractivity contribution in [1.29, 1.82) is 0 Å². The zero-order valence-electron chi connectivity index (χ0n) is 13.6. The minimum atomic E-state index is -4.15. The van der Waals surface area contributed by atoms with Crippen LogP contribution in [-0.4, -0.2) is 24.8 Å². The molecule has 1 aliphatic heterocycles. The molecule has 0 saturated carbocycles. The van der Waals surface area contributed by atoms with E-state index in [1.54, 1.807) is 17.0 Å². The molecule has 26 heavy (non-hydrogen) atoms. The van der Waals surface area contributed by atoms with Crippen molar-refractivity contribution in [2.24, 2.45) is 0 Å². The number of fused-ring (bicyclic) bond motifs is 1. The third kappa shape index (κ3) is 2.48. The number of amides is 1. The van der Waals surface area contributed by atoms with Gasteiger partial charge in [0.25, 0.3) is 10.0 Å². The number of nitrogens with zero attached hydrogens (tertiary/aromatic N) is 2. The lowest BCUT2D eigenvalue weighted by atomic mass is 10.3. The van der Waals surface area contributed by atoms with Crippen LogP contribution in [0.2, 0.25) is 0 Å². The molecule has 1 aliphatic rings. The average molecular weight is 373 g/mol. The van der Waals surface area contributed by atoms with Crippen LogP contribution in [0.15, 0.2) is 56.6 Å². The maximum atomic E-state index is 12.9. The molecule has 2 N–H and O–H groups in total. The van der Waals surface area contributed by atoms with Crippen molar-refractivity contribution >= 4 is 38.4 Å². The first-order chi connectivity index (χ1) is 12.4. The maximum absolute atomic E-state index is 12.9. The minimum absolute atomic E-state index is 0.00949. The Morgan fingerprint density at radius 1 is 1.04 bits per heavy atom. The molecule has 2 aromatic carbocycles. The molecule has 0 spiro atoms. The maximum Gasteiger partial charge on any atom is 0.434 e. The molecular formula is C17H15N3O5S. The van der Waals surface area contributed by atoms with E-state index in [9.17, 15) is 18.0 Å². The van der Waals surface area contributed by atoms with Crippen molar-refractivity contribution in [3.05, 3.63) is 53.0 Å². The number of hydrogen-bond acceptors (Lipinski definition) is 6. The number of carbonyl (C=O) groups excluding carboxylic acids is 1. The Kier molecular flexibility index (Phi) is 3.62. The van der Waals surface area contributed by atoms with Gasteiger partial charge in [0, 0.05) is 30.4 Å². The molecule has 0 radical (unpaired) electrons. The highest BCUT2D eigenvalue weighted by Gasteiger charge is 2.26. The number of nitrogens with two attached hydrogens (primary N) is 1. The predicted octanol–water partition coefficient (Wildman–Crippen LogP) is 1.54. The van der Waals surface area contributed by atoms with E-state index in [0.717, 1.165) is 6.42 Å². The fourth-order valence-corrected chi connectivity index (χ4v) is 4.40. The zero-order valence-corrected chi connectivity index (χ0v) is 14.4. The average Bonchev–Trinajstić information content (AvgIpc) is 3.17. The molecular weight excluding hydrogens is 358 g/mol. The van der Waals surface area contributed by atoms with Gasteiger partial charge >= 0.3 is 5.76 Å². The van der Waals surface area contributed by atoms with E-state index in [1.165, 1.54) is 30.3 Å².